The largest absolute Gasteiger partial charge is 0.472 e. The van der Waals surface area contributed by atoms with E-state index < -0.39 is 4.75 Å². The van der Waals surface area contributed by atoms with Crippen LogP contribution in [0.5, 0.6) is 0 Å². The fourth-order valence-electron chi connectivity index (χ4n) is 5.57. The van der Waals surface area contributed by atoms with Crippen molar-refractivity contribution in [3.8, 4) is 0 Å². The molecule has 0 radical (unpaired) electrons. The Bertz CT molecular complexity index is 800. The van der Waals surface area contributed by atoms with Crippen LogP contribution in [-0.4, -0.2) is 45.8 Å². The first-order chi connectivity index (χ1) is 13.5. The number of hydrogen-bond donors (Lipinski definition) is 1. The summed E-state index contributed by atoms with van der Waals surface area (Å²) in [5.41, 5.74) is 0.594. The predicted octanol–water partition coefficient (Wildman–Crippen LogP) is 3.30. The highest BCUT2D eigenvalue weighted by atomic mass is 32.2. The van der Waals surface area contributed by atoms with E-state index in [0.717, 1.165) is 29.8 Å². The number of amides is 2. The molecule has 3 heterocycles. The molecule has 2 aliphatic carbocycles. The minimum atomic E-state index is -0.509. The number of rotatable bonds is 3. The minimum Gasteiger partial charge on any atom is -0.472 e. The second-order valence-corrected chi connectivity index (χ2v) is 10.4. The fourth-order valence-corrected chi connectivity index (χ4v) is 6.85. The van der Waals surface area contributed by atoms with Crippen molar-refractivity contribution in [3.63, 3.8) is 0 Å². The molecule has 1 aromatic heterocycles. The van der Waals surface area contributed by atoms with Gasteiger partial charge in [-0.2, -0.15) is 4.99 Å². The van der Waals surface area contributed by atoms with Crippen molar-refractivity contribution in [2.75, 3.05) is 13.1 Å². The number of carbonyl (C=O) groups is 2. The molecule has 2 bridgehead atoms. The van der Waals surface area contributed by atoms with Crippen molar-refractivity contribution in [2.45, 2.75) is 56.2 Å². The lowest BCUT2D eigenvalue weighted by atomic mass is 9.84. The van der Waals surface area contributed by atoms with E-state index in [0.29, 0.717) is 24.7 Å². The summed E-state index contributed by atoms with van der Waals surface area (Å²) < 4.78 is 4.52. The molecule has 28 heavy (non-hydrogen) atoms. The van der Waals surface area contributed by atoms with Crippen LogP contribution in [0, 0.1) is 17.8 Å². The van der Waals surface area contributed by atoms with E-state index in [2.05, 4.69) is 10.3 Å². The van der Waals surface area contributed by atoms with Crippen molar-refractivity contribution in [2.24, 2.45) is 22.7 Å². The van der Waals surface area contributed by atoms with Gasteiger partial charge in [0.05, 0.1) is 11.8 Å². The summed E-state index contributed by atoms with van der Waals surface area (Å²) in [6.45, 7) is 3.39. The minimum absolute atomic E-state index is 0.0113. The van der Waals surface area contributed by atoms with Gasteiger partial charge in [0, 0.05) is 19.1 Å². The normalized spacial score (nSPS) is 35.5. The zero-order chi connectivity index (χ0) is 19.3. The lowest BCUT2D eigenvalue weighted by molar-refractivity contribution is -0.121. The van der Waals surface area contributed by atoms with E-state index in [9.17, 15) is 9.59 Å². The summed E-state index contributed by atoms with van der Waals surface area (Å²) in [5.74, 6) is 1.86. The number of furan rings is 1. The molecule has 150 valence electrons. The maximum absolute atomic E-state index is 12.8. The van der Waals surface area contributed by atoms with Crippen LogP contribution in [0.15, 0.2) is 28.0 Å². The highest BCUT2D eigenvalue weighted by molar-refractivity contribution is 8.16. The van der Waals surface area contributed by atoms with Crippen LogP contribution in [0.3, 0.4) is 0 Å². The van der Waals surface area contributed by atoms with Crippen molar-refractivity contribution in [1.29, 1.82) is 0 Å². The number of nitrogens with zero attached hydrogens (tertiary/aromatic N) is 2. The van der Waals surface area contributed by atoms with Gasteiger partial charge in [-0.3, -0.25) is 9.59 Å². The van der Waals surface area contributed by atoms with E-state index in [1.54, 1.807) is 17.8 Å². The fraction of sp³-hybridized carbons (Fsp3) is 0.667. The molecule has 2 aliphatic heterocycles. The van der Waals surface area contributed by atoms with Crippen LogP contribution in [0.2, 0.25) is 0 Å². The second-order valence-electron chi connectivity index (χ2n) is 8.94. The lowest BCUT2D eigenvalue weighted by Gasteiger charge is -2.38. The molecule has 7 heteroatoms. The Balaban J connectivity index is 1.19. The maximum atomic E-state index is 12.8. The van der Waals surface area contributed by atoms with Crippen LogP contribution in [-0.2, 0) is 4.79 Å². The first-order valence-corrected chi connectivity index (χ1v) is 11.2. The van der Waals surface area contributed by atoms with Gasteiger partial charge in [-0.25, -0.2) is 0 Å². The first-order valence-electron chi connectivity index (χ1n) is 10.4. The average Bonchev–Trinajstić information content (AvgIpc) is 3.48. The number of aliphatic imine (C=N–C) groups is 1. The van der Waals surface area contributed by atoms with E-state index in [1.807, 2.05) is 11.8 Å². The summed E-state index contributed by atoms with van der Waals surface area (Å²) >= 11 is 1.62. The van der Waals surface area contributed by atoms with Gasteiger partial charge in [0.25, 0.3) is 11.8 Å². The molecule has 1 saturated heterocycles. The molecule has 2 unspecified atom stereocenters. The first kappa shape index (κ1) is 18.3. The molecule has 5 rings (SSSR count). The molecule has 1 aromatic rings. The van der Waals surface area contributed by atoms with Crippen LogP contribution >= 0.6 is 11.8 Å². The van der Waals surface area contributed by atoms with Gasteiger partial charge in [0.15, 0.2) is 5.17 Å². The topological polar surface area (TPSA) is 74.9 Å². The van der Waals surface area contributed by atoms with Gasteiger partial charge < -0.3 is 14.6 Å². The van der Waals surface area contributed by atoms with E-state index in [4.69, 9.17) is 4.42 Å². The number of thioether (sulfide) groups is 1. The summed E-state index contributed by atoms with van der Waals surface area (Å²) in [7, 11) is 0. The molecule has 4 aliphatic rings. The van der Waals surface area contributed by atoms with E-state index in [-0.39, 0.29) is 17.7 Å². The Labute approximate surface area is 169 Å². The zero-order valence-electron chi connectivity index (χ0n) is 16.2. The molecule has 0 aromatic carbocycles. The van der Waals surface area contributed by atoms with Crippen LogP contribution in [0.1, 0.15) is 55.8 Å². The number of hydrogen-bond acceptors (Lipinski definition) is 5. The van der Waals surface area contributed by atoms with Gasteiger partial charge in [0.1, 0.15) is 11.0 Å². The van der Waals surface area contributed by atoms with Crippen molar-refractivity contribution in [3.05, 3.63) is 24.2 Å². The number of fused-ring (bicyclic) bond motifs is 2. The lowest BCUT2D eigenvalue weighted by Crippen LogP contribution is -2.46. The summed E-state index contributed by atoms with van der Waals surface area (Å²) in [6.07, 6.45) is 9.92. The number of carbonyl (C=O) groups excluding carboxylic acids is 2. The van der Waals surface area contributed by atoms with Crippen LogP contribution in [0.25, 0.3) is 0 Å². The van der Waals surface area contributed by atoms with E-state index in [1.165, 1.54) is 38.2 Å². The smallest absolute Gasteiger partial charge is 0.264 e. The van der Waals surface area contributed by atoms with Crippen molar-refractivity contribution < 1.29 is 14.0 Å². The highest BCUT2D eigenvalue weighted by Crippen LogP contribution is 2.47. The number of likely N-dealkylation sites (tertiary alicyclic amines) is 1. The molecule has 3 fully saturated rings. The standard InChI is InChI=1S/C21H27N3O3S/c1-21(16-4-7-24(8-5-16)18(25)15-6-9-27-12-15)19(26)23-20(28-21)22-17-11-13-2-3-14(17)10-13/h6,9,12-14,16-17H,2-5,7-8,10-11H2,1H3,(H,22,23,26)/t13-,14?,17+,21?/m1/s1. The summed E-state index contributed by atoms with van der Waals surface area (Å²) in [5, 5.41) is 4.42. The Morgan fingerprint density at radius 3 is 2.75 bits per heavy atom. The Kier molecular flexibility index (Phi) is 4.53. The van der Waals surface area contributed by atoms with Crippen molar-refractivity contribution >= 4 is 28.7 Å². The quantitative estimate of drug-likeness (QED) is 0.841. The SMILES string of the molecule is CC1(C2CCN(C(=O)c3ccoc3)CC2)SC(N[C@H]2C[C@@H]3CCC2C3)=NC1=O. The van der Waals surface area contributed by atoms with Gasteiger partial charge in [-0.1, -0.05) is 18.2 Å². The molecule has 2 saturated carbocycles. The highest BCUT2D eigenvalue weighted by Gasteiger charge is 2.49. The third-order valence-electron chi connectivity index (χ3n) is 7.31. The second kappa shape index (κ2) is 6.94. The Morgan fingerprint density at radius 1 is 1.29 bits per heavy atom. The molecule has 2 amide bonds. The maximum Gasteiger partial charge on any atom is 0.264 e. The predicted molar refractivity (Wildman–Crippen MR) is 108 cm³/mol. The van der Waals surface area contributed by atoms with Gasteiger partial charge >= 0.3 is 0 Å². The van der Waals surface area contributed by atoms with Crippen LogP contribution in [0.4, 0.5) is 0 Å². The average molecular weight is 402 g/mol. The number of nitrogens with one attached hydrogen (secondary N) is 1. The van der Waals surface area contributed by atoms with Gasteiger partial charge in [-0.05, 0) is 62.8 Å². The van der Waals surface area contributed by atoms with Gasteiger partial charge in [-0.15, -0.1) is 0 Å². The van der Waals surface area contributed by atoms with E-state index >= 15 is 0 Å². The van der Waals surface area contributed by atoms with Crippen LogP contribution < -0.4 is 5.32 Å². The zero-order valence-corrected chi connectivity index (χ0v) is 17.0. The van der Waals surface area contributed by atoms with Crippen molar-refractivity contribution in [1.82, 2.24) is 10.2 Å². The van der Waals surface area contributed by atoms with Gasteiger partial charge in [0.2, 0.25) is 0 Å². The third kappa shape index (κ3) is 3.08. The molecule has 6 nitrogen and oxygen atoms in total. The molecule has 0 spiro atoms. The third-order valence-corrected chi connectivity index (χ3v) is 8.65. The Morgan fingerprint density at radius 2 is 2.11 bits per heavy atom. The molecular weight excluding hydrogens is 374 g/mol. The molecule has 4 atom stereocenters. The Hall–Kier alpha value is -1.76. The molecule has 1 N–H and O–H groups in total. The summed E-state index contributed by atoms with van der Waals surface area (Å²) in [4.78, 5) is 31.6. The summed E-state index contributed by atoms with van der Waals surface area (Å²) in [6, 6.07) is 2.20. The number of amidine groups is 1. The monoisotopic (exact) mass is 401 g/mol. The number of piperidine rings is 1. The molecular formula is C21H27N3O3S.